The van der Waals surface area contributed by atoms with E-state index in [9.17, 15) is 4.79 Å². The molecule has 2 fully saturated rings. The van der Waals surface area contributed by atoms with Crippen molar-refractivity contribution in [3.8, 4) is 0 Å². The number of H-pyrrole nitrogens is 1. The molecule has 2 N–H and O–H groups in total. The molecule has 20 heavy (non-hydrogen) atoms. The molecule has 0 radical (unpaired) electrons. The molecule has 2 atom stereocenters. The third-order valence-corrected chi connectivity index (χ3v) is 4.53. The summed E-state index contributed by atoms with van der Waals surface area (Å²) in [7, 11) is 0. The van der Waals surface area contributed by atoms with Crippen LogP contribution in [0, 0.1) is 0 Å². The Balaban J connectivity index is 1.49. The second-order valence-electron chi connectivity index (χ2n) is 6.08. The Morgan fingerprint density at radius 1 is 1.25 bits per heavy atom. The van der Waals surface area contributed by atoms with E-state index in [2.05, 4.69) is 10.5 Å². The van der Waals surface area contributed by atoms with E-state index >= 15 is 0 Å². The van der Waals surface area contributed by atoms with Crippen LogP contribution < -0.4 is 10.9 Å². The van der Waals surface area contributed by atoms with E-state index in [0.717, 1.165) is 31.8 Å². The first-order valence-corrected chi connectivity index (χ1v) is 7.84. The number of hydrogen-bond donors (Lipinski definition) is 2. The lowest BCUT2D eigenvalue weighted by Gasteiger charge is -2.31. The molecule has 2 aliphatic rings. The summed E-state index contributed by atoms with van der Waals surface area (Å²) < 4.78 is 11.3. The first kappa shape index (κ1) is 13.9. The monoisotopic (exact) mass is 280 g/mol. The van der Waals surface area contributed by atoms with Gasteiger partial charge >= 0.3 is 0 Å². The van der Waals surface area contributed by atoms with Gasteiger partial charge in [-0.05, 0) is 32.2 Å². The summed E-state index contributed by atoms with van der Waals surface area (Å²) in [6.45, 7) is 1.73. The second kappa shape index (κ2) is 6.59. The predicted molar refractivity (Wildman–Crippen MR) is 75.9 cm³/mol. The van der Waals surface area contributed by atoms with Gasteiger partial charge in [0.2, 0.25) is 0 Å². The third-order valence-electron chi connectivity index (χ3n) is 4.53. The average Bonchev–Trinajstić information content (AvgIpc) is 2.93. The maximum Gasteiger partial charge on any atom is 0.280 e. The first-order chi connectivity index (χ1) is 9.81. The lowest BCUT2D eigenvalue weighted by molar-refractivity contribution is 0.0105. The molecular weight excluding hydrogens is 256 g/mol. The predicted octanol–water partition coefficient (Wildman–Crippen LogP) is 2.15. The van der Waals surface area contributed by atoms with Gasteiger partial charge in [0.05, 0.1) is 12.7 Å². The highest BCUT2D eigenvalue weighted by Gasteiger charge is 2.26. The molecule has 5 heteroatoms. The molecule has 1 aliphatic heterocycles. The van der Waals surface area contributed by atoms with Crippen molar-refractivity contribution >= 4 is 0 Å². The molecule has 1 saturated heterocycles. The molecule has 0 spiro atoms. The normalized spacial score (nSPS) is 28.6. The van der Waals surface area contributed by atoms with Crippen LogP contribution in [0.15, 0.2) is 15.4 Å². The number of ether oxygens (including phenoxy) is 1. The lowest BCUT2D eigenvalue weighted by Crippen LogP contribution is -2.41. The van der Waals surface area contributed by atoms with Crippen LogP contribution >= 0.6 is 0 Å². The molecule has 1 saturated carbocycles. The molecule has 5 nitrogen and oxygen atoms in total. The van der Waals surface area contributed by atoms with Gasteiger partial charge in [0.1, 0.15) is 5.76 Å². The Morgan fingerprint density at radius 2 is 2.10 bits per heavy atom. The molecule has 0 amide bonds. The first-order valence-electron chi connectivity index (χ1n) is 7.84. The summed E-state index contributed by atoms with van der Waals surface area (Å²) in [5.74, 6) is 1.12. The van der Waals surface area contributed by atoms with E-state index in [1.54, 1.807) is 6.07 Å². The van der Waals surface area contributed by atoms with Crippen molar-refractivity contribution < 1.29 is 9.26 Å². The molecule has 112 valence electrons. The summed E-state index contributed by atoms with van der Waals surface area (Å²) in [5, 5.41) is 5.89. The quantitative estimate of drug-likeness (QED) is 0.887. The van der Waals surface area contributed by atoms with Crippen LogP contribution in [0.5, 0.6) is 0 Å². The molecule has 0 aromatic carbocycles. The van der Waals surface area contributed by atoms with Crippen molar-refractivity contribution in [2.45, 2.75) is 63.0 Å². The van der Waals surface area contributed by atoms with Crippen LogP contribution in [0.1, 0.15) is 56.6 Å². The van der Waals surface area contributed by atoms with Gasteiger partial charge in [-0.2, -0.15) is 5.16 Å². The fourth-order valence-electron chi connectivity index (χ4n) is 3.37. The summed E-state index contributed by atoms with van der Waals surface area (Å²) in [6.07, 6.45) is 8.84. The van der Waals surface area contributed by atoms with Crippen molar-refractivity contribution in [1.29, 1.82) is 0 Å². The SMILES string of the molecule is O=c1cc(C2CCNC(COC3CCCCC3)C2)o[nH]1. The number of aromatic nitrogens is 1. The minimum Gasteiger partial charge on any atom is -0.383 e. The van der Waals surface area contributed by atoms with Gasteiger partial charge in [-0.3, -0.25) is 4.79 Å². The highest BCUT2D eigenvalue weighted by molar-refractivity contribution is 5.05. The van der Waals surface area contributed by atoms with Crippen molar-refractivity contribution in [2.24, 2.45) is 0 Å². The maximum atomic E-state index is 11.2. The van der Waals surface area contributed by atoms with E-state index in [1.807, 2.05) is 0 Å². The number of nitrogens with one attached hydrogen (secondary N) is 2. The van der Waals surface area contributed by atoms with Crippen LogP contribution in [-0.4, -0.2) is 30.5 Å². The number of rotatable bonds is 4. The van der Waals surface area contributed by atoms with E-state index in [1.165, 1.54) is 32.1 Å². The minimum atomic E-state index is -0.145. The molecule has 2 heterocycles. The standard InChI is InChI=1S/C15H24N2O3/c18-15-9-14(20-17-15)11-6-7-16-12(8-11)10-19-13-4-2-1-3-5-13/h9,11-13,16H,1-8,10H2,(H,17,18). The topological polar surface area (TPSA) is 67.3 Å². The minimum absolute atomic E-state index is 0.145. The Labute approximate surface area is 119 Å². The van der Waals surface area contributed by atoms with E-state index < -0.39 is 0 Å². The second-order valence-corrected chi connectivity index (χ2v) is 6.08. The van der Waals surface area contributed by atoms with Crippen molar-refractivity contribution in [3.63, 3.8) is 0 Å². The zero-order valence-corrected chi connectivity index (χ0v) is 11.9. The molecule has 2 unspecified atom stereocenters. The Hall–Kier alpha value is -1.07. The summed E-state index contributed by atoms with van der Waals surface area (Å²) in [6, 6.07) is 1.95. The van der Waals surface area contributed by atoms with Crippen LogP contribution in [0.3, 0.4) is 0 Å². The van der Waals surface area contributed by atoms with Crippen molar-refractivity contribution in [3.05, 3.63) is 22.2 Å². The number of hydrogen-bond acceptors (Lipinski definition) is 4. The van der Waals surface area contributed by atoms with Crippen LogP contribution in [0.2, 0.25) is 0 Å². The fourth-order valence-corrected chi connectivity index (χ4v) is 3.37. The lowest BCUT2D eigenvalue weighted by atomic mass is 9.90. The molecule has 1 aromatic rings. The van der Waals surface area contributed by atoms with E-state index in [4.69, 9.17) is 9.26 Å². The molecule has 0 bridgehead atoms. The van der Waals surface area contributed by atoms with Gasteiger partial charge in [0, 0.05) is 18.0 Å². The average molecular weight is 280 g/mol. The smallest absolute Gasteiger partial charge is 0.280 e. The Bertz CT molecular complexity index is 462. The van der Waals surface area contributed by atoms with Gasteiger partial charge < -0.3 is 14.6 Å². The number of aromatic amines is 1. The van der Waals surface area contributed by atoms with E-state index in [-0.39, 0.29) is 5.56 Å². The number of piperidine rings is 1. The van der Waals surface area contributed by atoms with Crippen molar-refractivity contribution in [1.82, 2.24) is 10.5 Å². The van der Waals surface area contributed by atoms with Crippen molar-refractivity contribution in [2.75, 3.05) is 13.2 Å². The zero-order valence-electron chi connectivity index (χ0n) is 11.9. The van der Waals surface area contributed by atoms with Gasteiger partial charge in [0.15, 0.2) is 0 Å². The zero-order chi connectivity index (χ0) is 13.8. The van der Waals surface area contributed by atoms with E-state index in [0.29, 0.717) is 18.1 Å². The summed E-state index contributed by atoms with van der Waals surface area (Å²) in [4.78, 5) is 11.2. The molecule has 1 aliphatic carbocycles. The molecule has 1 aromatic heterocycles. The molecule has 3 rings (SSSR count). The third kappa shape index (κ3) is 3.52. The highest BCUT2D eigenvalue weighted by atomic mass is 16.5. The molecular formula is C15H24N2O3. The Morgan fingerprint density at radius 3 is 2.85 bits per heavy atom. The van der Waals surface area contributed by atoms with Gasteiger partial charge in [0.25, 0.3) is 5.56 Å². The van der Waals surface area contributed by atoms with Gasteiger partial charge in [-0.1, -0.05) is 19.3 Å². The summed E-state index contributed by atoms with van der Waals surface area (Å²) >= 11 is 0. The van der Waals surface area contributed by atoms with Crippen LogP contribution in [0.4, 0.5) is 0 Å². The largest absolute Gasteiger partial charge is 0.383 e. The fraction of sp³-hybridized carbons (Fsp3) is 0.800. The van der Waals surface area contributed by atoms with Crippen LogP contribution in [-0.2, 0) is 4.74 Å². The van der Waals surface area contributed by atoms with Gasteiger partial charge in [-0.25, -0.2) is 0 Å². The maximum absolute atomic E-state index is 11.2. The highest BCUT2D eigenvalue weighted by Crippen LogP contribution is 2.27. The van der Waals surface area contributed by atoms with Gasteiger partial charge in [-0.15, -0.1) is 0 Å². The van der Waals surface area contributed by atoms with Crippen LogP contribution in [0.25, 0.3) is 0 Å². The summed E-state index contributed by atoms with van der Waals surface area (Å²) in [5.41, 5.74) is -0.145. The Kier molecular flexibility index (Phi) is 4.58.